The van der Waals surface area contributed by atoms with E-state index in [1.165, 1.54) is 0 Å². The van der Waals surface area contributed by atoms with E-state index in [1.54, 1.807) is 59.5 Å². The molecule has 1 N–H and O–H groups in total. The Morgan fingerprint density at radius 3 is 2.48 bits per heavy atom. The Morgan fingerprint density at radius 1 is 1.00 bits per heavy atom. The Morgan fingerprint density at radius 2 is 1.78 bits per heavy atom. The van der Waals surface area contributed by atoms with Crippen molar-refractivity contribution in [1.29, 1.82) is 0 Å². The van der Waals surface area contributed by atoms with Gasteiger partial charge in [0.2, 0.25) is 0 Å². The van der Waals surface area contributed by atoms with Gasteiger partial charge < -0.3 is 0 Å². The van der Waals surface area contributed by atoms with Crippen LogP contribution in [-0.4, -0.2) is 18.2 Å². The minimum Gasteiger partial charge on any atom is -0.277 e. The summed E-state index contributed by atoms with van der Waals surface area (Å²) in [6.45, 7) is 0. The van der Waals surface area contributed by atoms with Crippen molar-refractivity contribution in [1.82, 2.24) is 9.78 Å². The van der Waals surface area contributed by atoms with Gasteiger partial charge in [0.25, 0.3) is 10.0 Å². The molecule has 0 atom stereocenters. The van der Waals surface area contributed by atoms with Gasteiger partial charge in [-0.2, -0.15) is 5.10 Å². The first-order valence-electron chi connectivity index (χ1n) is 6.54. The van der Waals surface area contributed by atoms with Crippen LogP contribution in [0.4, 0.5) is 5.69 Å². The van der Waals surface area contributed by atoms with E-state index in [1.807, 2.05) is 6.07 Å². The van der Waals surface area contributed by atoms with Crippen LogP contribution in [0, 0.1) is 0 Å². The molecule has 0 amide bonds. The summed E-state index contributed by atoms with van der Waals surface area (Å²) in [5.41, 5.74) is 1.08. The third-order valence-electron chi connectivity index (χ3n) is 3.05. The van der Waals surface area contributed by atoms with Crippen LogP contribution in [0.15, 0.2) is 74.8 Å². The maximum absolute atomic E-state index is 12.6. The van der Waals surface area contributed by atoms with E-state index < -0.39 is 10.0 Å². The van der Waals surface area contributed by atoms with Crippen molar-refractivity contribution in [3.8, 4) is 5.69 Å². The van der Waals surface area contributed by atoms with Crippen LogP contribution < -0.4 is 4.72 Å². The zero-order chi connectivity index (χ0) is 16.4. The number of hydrogen-bond donors (Lipinski definition) is 1. The van der Waals surface area contributed by atoms with Crippen molar-refractivity contribution in [2.75, 3.05) is 4.72 Å². The van der Waals surface area contributed by atoms with E-state index >= 15 is 0 Å². The van der Waals surface area contributed by atoms with Crippen LogP contribution in [0.25, 0.3) is 5.69 Å². The zero-order valence-electron chi connectivity index (χ0n) is 11.6. The van der Waals surface area contributed by atoms with E-state index in [0.717, 1.165) is 4.47 Å². The number of rotatable bonds is 4. The molecule has 3 rings (SSSR count). The molecule has 0 aliphatic carbocycles. The SMILES string of the molecule is O=S(=O)(Nc1ccccc1-n1cc(Br)cn1)c1cccc(Br)c1. The molecule has 0 saturated heterocycles. The summed E-state index contributed by atoms with van der Waals surface area (Å²) >= 11 is 6.62. The Labute approximate surface area is 150 Å². The number of para-hydroxylation sites is 2. The standard InChI is InChI=1S/C15H11Br2N3O2S/c16-11-4-3-5-13(8-11)23(21,22)19-14-6-1-2-7-15(14)20-10-12(17)9-18-20/h1-10,19H. The first-order valence-corrected chi connectivity index (χ1v) is 9.60. The van der Waals surface area contributed by atoms with Gasteiger partial charge in [0.15, 0.2) is 0 Å². The lowest BCUT2D eigenvalue weighted by atomic mass is 10.3. The van der Waals surface area contributed by atoms with Crippen LogP contribution in [0.5, 0.6) is 0 Å². The third-order valence-corrected chi connectivity index (χ3v) is 5.32. The molecule has 0 aliphatic rings. The average Bonchev–Trinajstić information content (AvgIpc) is 2.94. The summed E-state index contributed by atoms with van der Waals surface area (Å²) in [5.74, 6) is 0. The molecule has 0 saturated carbocycles. The lowest BCUT2D eigenvalue weighted by Gasteiger charge is -2.12. The molecule has 1 heterocycles. The van der Waals surface area contributed by atoms with Crippen molar-refractivity contribution in [2.45, 2.75) is 4.90 Å². The van der Waals surface area contributed by atoms with Crippen LogP contribution in [0.3, 0.4) is 0 Å². The number of nitrogens with zero attached hydrogens (tertiary/aromatic N) is 2. The first kappa shape index (κ1) is 16.2. The highest BCUT2D eigenvalue weighted by molar-refractivity contribution is 9.10. The first-order chi connectivity index (χ1) is 11.0. The predicted molar refractivity (Wildman–Crippen MR) is 96.2 cm³/mol. The molecular formula is C15H11Br2N3O2S. The van der Waals surface area contributed by atoms with Crippen molar-refractivity contribution in [2.24, 2.45) is 0 Å². The van der Waals surface area contributed by atoms with Crippen LogP contribution in [0.1, 0.15) is 0 Å². The number of nitrogens with one attached hydrogen (secondary N) is 1. The summed E-state index contributed by atoms with van der Waals surface area (Å²) in [5, 5.41) is 4.19. The third kappa shape index (κ3) is 3.65. The van der Waals surface area contributed by atoms with Crippen molar-refractivity contribution >= 4 is 47.6 Å². The molecule has 8 heteroatoms. The van der Waals surface area contributed by atoms with Crippen molar-refractivity contribution in [3.05, 3.63) is 69.9 Å². The largest absolute Gasteiger partial charge is 0.277 e. The van der Waals surface area contributed by atoms with Gasteiger partial charge in [0.05, 0.1) is 26.9 Å². The summed E-state index contributed by atoms with van der Waals surface area (Å²) in [6, 6.07) is 13.6. The molecule has 2 aromatic carbocycles. The summed E-state index contributed by atoms with van der Waals surface area (Å²) in [4.78, 5) is 0.184. The van der Waals surface area contributed by atoms with E-state index in [0.29, 0.717) is 15.8 Å². The highest BCUT2D eigenvalue weighted by Gasteiger charge is 2.17. The van der Waals surface area contributed by atoms with Gasteiger partial charge in [-0.1, -0.05) is 34.1 Å². The molecule has 3 aromatic rings. The molecule has 0 bridgehead atoms. The average molecular weight is 457 g/mol. The van der Waals surface area contributed by atoms with Gasteiger partial charge in [-0.25, -0.2) is 13.1 Å². The Balaban J connectivity index is 2.00. The second kappa shape index (κ2) is 6.46. The smallest absolute Gasteiger partial charge is 0.262 e. The summed E-state index contributed by atoms with van der Waals surface area (Å²) < 4.78 is 30.9. The predicted octanol–water partition coefficient (Wildman–Crippen LogP) is 4.20. The molecule has 23 heavy (non-hydrogen) atoms. The summed E-state index contributed by atoms with van der Waals surface area (Å²) in [6.07, 6.45) is 3.39. The fourth-order valence-corrected chi connectivity index (χ4v) is 3.99. The van der Waals surface area contributed by atoms with Crippen molar-refractivity contribution < 1.29 is 8.42 Å². The van der Waals surface area contributed by atoms with Crippen LogP contribution in [0.2, 0.25) is 0 Å². The number of aromatic nitrogens is 2. The highest BCUT2D eigenvalue weighted by atomic mass is 79.9. The van der Waals surface area contributed by atoms with Crippen molar-refractivity contribution in [3.63, 3.8) is 0 Å². The zero-order valence-corrected chi connectivity index (χ0v) is 15.6. The number of halogens is 2. The lowest BCUT2D eigenvalue weighted by Crippen LogP contribution is -2.14. The van der Waals surface area contributed by atoms with E-state index in [2.05, 4.69) is 41.7 Å². The van der Waals surface area contributed by atoms with E-state index in [9.17, 15) is 8.42 Å². The van der Waals surface area contributed by atoms with Gasteiger partial charge in [-0.15, -0.1) is 0 Å². The van der Waals surface area contributed by atoms with Gasteiger partial charge in [-0.3, -0.25) is 4.72 Å². The van der Waals surface area contributed by atoms with Gasteiger partial charge in [-0.05, 0) is 46.3 Å². The normalized spacial score (nSPS) is 11.4. The fraction of sp³-hybridized carbons (Fsp3) is 0. The number of benzene rings is 2. The van der Waals surface area contributed by atoms with E-state index in [-0.39, 0.29) is 4.90 Å². The molecule has 118 valence electrons. The minimum atomic E-state index is -3.69. The number of anilines is 1. The molecule has 0 spiro atoms. The Hall–Kier alpha value is -1.64. The highest BCUT2D eigenvalue weighted by Crippen LogP contribution is 2.25. The minimum absolute atomic E-state index is 0.184. The molecule has 0 unspecified atom stereocenters. The molecule has 0 aliphatic heterocycles. The van der Waals surface area contributed by atoms with Crippen LogP contribution >= 0.6 is 31.9 Å². The Kier molecular flexibility index (Phi) is 4.56. The number of hydrogen-bond acceptors (Lipinski definition) is 3. The van der Waals surface area contributed by atoms with E-state index in [4.69, 9.17) is 0 Å². The molecule has 1 aromatic heterocycles. The fourth-order valence-electron chi connectivity index (χ4n) is 2.03. The number of sulfonamides is 1. The second-order valence-corrected chi connectivity index (χ2v) is 8.20. The maximum Gasteiger partial charge on any atom is 0.262 e. The topological polar surface area (TPSA) is 64.0 Å². The second-order valence-electron chi connectivity index (χ2n) is 4.68. The monoisotopic (exact) mass is 455 g/mol. The lowest BCUT2D eigenvalue weighted by molar-refractivity contribution is 0.601. The molecular weight excluding hydrogens is 446 g/mol. The summed E-state index contributed by atoms with van der Waals surface area (Å²) in [7, 11) is -3.69. The van der Waals surface area contributed by atoms with Gasteiger partial charge in [0.1, 0.15) is 0 Å². The molecule has 0 fully saturated rings. The molecule has 0 radical (unpaired) electrons. The quantitative estimate of drug-likeness (QED) is 0.639. The maximum atomic E-state index is 12.6. The van der Waals surface area contributed by atoms with Crippen LogP contribution in [-0.2, 0) is 10.0 Å². The van der Waals surface area contributed by atoms with Gasteiger partial charge >= 0.3 is 0 Å². The Bertz CT molecular complexity index is 955. The van der Waals surface area contributed by atoms with Gasteiger partial charge in [0, 0.05) is 10.7 Å². The molecule has 5 nitrogen and oxygen atoms in total.